The lowest BCUT2D eigenvalue weighted by atomic mass is 10.1. The number of hydrogen-bond donors (Lipinski definition) is 2. The Kier molecular flexibility index (Phi) is 6.96. The number of ether oxygens (including phenoxy) is 1. The first-order valence-corrected chi connectivity index (χ1v) is 6.39. The SMILES string of the molecule is CC(CCCO)NC(C)CN1CCOCC1. The van der Waals surface area contributed by atoms with E-state index >= 15 is 0 Å². The van der Waals surface area contributed by atoms with Gasteiger partial charge in [-0.05, 0) is 26.7 Å². The van der Waals surface area contributed by atoms with Crippen molar-refractivity contribution in [2.24, 2.45) is 0 Å². The van der Waals surface area contributed by atoms with Crippen molar-refractivity contribution in [1.82, 2.24) is 10.2 Å². The summed E-state index contributed by atoms with van der Waals surface area (Å²) >= 11 is 0. The maximum atomic E-state index is 8.76. The fourth-order valence-electron chi connectivity index (χ4n) is 2.19. The maximum absolute atomic E-state index is 8.76. The van der Waals surface area contributed by atoms with Crippen molar-refractivity contribution in [2.45, 2.75) is 38.8 Å². The van der Waals surface area contributed by atoms with Crippen LogP contribution < -0.4 is 5.32 Å². The van der Waals surface area contributed by atoms with Crippen LogP contribution in [0.4, 0.5) is 0 Å². The van der Waals surface area contributed by atoms with Crippen LogP contribution in [0.25, 0.3) is 0 Å². The summed E-state index contributed by atoms with van der Waals surface area (Å²) in [5.74, 6) is 0. The van der Waals surface area contributed by atoms with E-state index in [4.69, 9.17) is 9.84 Å². The summed E-state index contributed by atoms with van der Waals surface area (Å²) < 4.78 is 5.33. The summed E-state index contributed by atoms with van der Waals surface area (Å²) in [6.07, 6.45) is 1.93. The molecule has 0 aliphatic carbocycles. The second-order valence-corrected chi connectivity index (χ2v) is 4.75. The van der Waals surface area contributed by atoms with Crippen LogP contribution in [0, 0.1) is 0 Å². The molecule has 1 saturated heterocycles. The molecule has 1 aliphatic heterocycles. The van der Waals surface area contributed by atoms with Crippen molar-refractivity contribution in [3.8, 4) is 0 Å². The second kappa shape index (κ2) is 8.01. The zero-order chi connectivity index (χ0) is 11.8. The minimum absolute atomic E-state index is 0.296. The third-order valence-corrected chi connectivity index (χ3v) is 3.00. The topological polar surface area (TPSA) is 44.7 Å². The van der Waals surface area contributed by atoms with Crippen molar-refractivity contribution in [3.05, 3.63) is 0 Å². The largest absolute Gasteiger partial charge is 0.396 e. The lowest BCUT2D eigenvalue weighted by Gasteiger charge is -2.30. The van der Waals surface area contributed by atoms with Gasteiger partial charge in [-0.25, -0.2) is 0 Å². The number of rotatable bonds is 7. The average Bonchev–Trinajstić information content (AvgIpc) is 2.27. The highest BCUT2D eigenvalue weighted by Crippen LogP contribution is 2.01. The molecule has 1 heterocycles. The van der Waals surface area contributed by atoms with Crippen molar-refractivity contribution in [2.75, 3.05) is 39.5 Å². The highest BCUT2D eigenvalue weighted by atomic mass is 16.5. The molecule has 0 amide bonds. The van der Waals surface area contributed by atoms with E-state index in [2.05, 4.69) is 24.1 Å². The van der Waals surface area contributed by atoms with Crippen LogP contribution >= 0.6 is 0 Å². The molecular formula is C12H26N2O2. The van der Waals surface area contributed by atoms with Gasteiger partial charge in [-0.2, -0.15) is 0 Å². The van der Waals surface area contributed by atoms with E-state index in [1.54, 1.807) is 0 Å². The first kappa shape index (κ1) is 13.9. The molecule has 2 atom stereocenters. The third kappa shape index (κ3) is 5.80. The number of aliphatic hydroxyl groups is 1. The molecule has 1 aliphatic rings. The Balaban J connectivity index is 2.11. The summed E-state index contributed by atoms with van der Waals surface area (Å²) in [6, 6.07) is 0.995. The van der Waals surface area contributed by atoms with Gasteiger partial charge >= 0.3 is 0 Å². The van der Waals surface area contributed by atoms with Crippen LogP contribution in [0.1, 0.15) is 26.7 Å². The quantitative estimate of drug-likeness (QED) is 0.667. The van der Waals surface area contributed by atoms with Crippen molar-refractivity contribution < 1.29 is 9.84 Å². The predicted octanol–water partition coefficient (Wildman–Crippen LogP) is 0.458. The van der Waals surface area contributed by atoms with E-state index in [1.807, 2.05) is 0 Å². The van der Waals surface area contributed by atoms with Crippen LogP contribution in [0.5, 0.6) is 0 Å². The molecule has 0 bridgehead atoms. The van der Waals surface area contributed by atoms with Gasteiger partial charge in [0.15, 0.2) is 0 Å². The van der Waals surface area contributed by atoms with E-state index in [9.17, 15) is 0 Å². The number of nitrogens with one attached hydrogen (secondary N) is 1. The Bertz CT molecular complexity index is 172. The smallest absolute Gasteiger partial charge is 0.0594 e. The van der Waals surface area contributed by atoms with Crippen LogP contribution in [-0.2, 0) is 4.74 Å². The molecule has 16 heavy (non-hydrogen) atoms. The molecule has 0 aromatic rings. The molecule has 96 valence electrons. The molecule has 2 N–H and O–H groups in total. The van der Waals surface area contributed by atoms with Gasteiger partial charge in [-0.1, -0.05) is 0 Å². The maximum Gasteiger partial charge on any atom is 0.0594 e. The van der Waals surface area contributed by atoms with Crippen molar-refractivity contribution in [3.63, 3.8) is 0 Å². The molecule has 1 fully saturated rings. The summed E-state index contributed by atoms with van der Waals surface area (Å²) in [7, 11) is 0. The van der Waals surface area contributed by atoms with E-state index in [0.29, 0.717) is 18.7 Å². The fraction of sp³-hybridized carbons (Fsp3) is 1.00. The fourth-order valence-corrected chi connectivity index (χ4v) is 2.19. The lowest BCUT2D eigenvalue weighted by Crippen LogP contribution is -2.46. The molecule has 1 rings (SSSR count). The first-order chi connectivity index (χ1) is 7.72. The van der Waals surface area contributed by atoms with E-state index in [1.165, 1.54) is 0 Å². The lowest BCUT2D eigenvalue weighted by molar-refractivity contribution is 0.0338. The number of aliphatic hydroxyl groups excluding tert-OH is 1. The summed E-state index contributed by atoms with van der Waals surface area (Å²) in [5, 5.41) is 12.3. The summed E-state index contributed by atoms with van der Waals surface area (Å²) in [6.45, 7) is 9.64. The molecule has 4 heteroatoms. The Morgan fingerprint density at radius 1 is 1.25 bits per heavy atom. The zero-order valence-electron chi connectivity index (χ0n) is 10.6. The van der Waals surface area contributed by atoms with Crippen molar-refractivity contribution >= 4 is 0 Å². The number of hydrogen-bond acceptors (Lipinski definition) is 4. The van der Waals surface area contributed by atoms with Gasteiger partial charge in [0.2, 0.25) is 0 Å². The van der Waals surface area contributed by atoms with Crippen LogP contribution in [0.2, 0.25) is 0 Å². The van der Waals surface area contributed by atoms with Gasteiger partial charge in [-0.3, -0.25) is 4.90 Å². The molecule has 0 aromatic heterocycles. The monoisotopic (exact) mass is 230 g/mol. The third-order valence-electron chi connectivity index (χ3n) is 3.00. The molecule has 4 nitrogen and oxygen atoms in total. The normalized spacial score (nSPS) is 21.9. The molecular weight excluding hydrogens is 204 g/mol. The Morgan fingerprint density at radius 3 is 2.56 bits per heavy atom. The van der Waals surface area contributed by atoms with E-state index < -0.39 is 0 Å². The van der Waals surface area contributed by atoms with Crippen LogP contribution in [-0.4, -0.2) is 61.5 Å². The predicted molar refractivity (Wildman–Crippen MR) is 65.6 cm³/mol. The van der Waals surface area contributed by atoms with E-state index in [-0.39, 0.29) is 0 Å². The molecule has 0 radical (unpaired) electrons. The minimum Gasteiger partial charge on any atom is -0.396 e. The van der Waals surface area contributed by atoms with E-state index in [0.717, 1.165) is 45.7 Å². The van der Waals surface area contributed by atoms with Crippen LogP contribution in [0.3, 0.4) is 0 Å². The zero-order valence-corrected chi connectivity index (χ0v) is 10.6. The van der Waals surface area contributed by atoms with Gasteiger partial charge in [0.25, 0.3) is 0 Å². The second-order valence-electron chi connectivity index (χ2n) is 4.75. The Morgan fingerprint density at radius 2 is 1.94 bits per heavy atom. The van der Waals surface area contributed by atoms with Crippen LogP contribution in [0.15, 0.2) is 0 Å². The molecule has 0 aromatic carbocycles. The Labute approximate surface area is 99.0 Å². The standard InChI is InChI=1S/C12H26N2O2/c1-11(4-3-7-15)13-12(2)10-14-5-8-16-9-6-14/h11-13,15H,3-10H2,1-2H3. The number of nitrogens with zero attached hydrogens (tertiary/aromatic N) is 1. The van der Waals surface area contributed by atoms with Gasteiger partial charge in [-0.15, -0.1) is 0 Å². The Hall–Kier alpha value is -0.160. The van der Waals surface area contributed by atoms with Crippen molar-refractivity contribution in [1.29, 1.82) is 0 Å². The van der Waals surface area contributed by atoms with Gasteiger partial charge in [0.05, 0.1) is 13.2 Å². The average molecular weight is 230 g/mol. The minimum atomic E-state index is 0.296. The molecule has 2 unspecified atom stereocenters. The van der Waals surface area contributed by atoms with Gasteiger partial charge in [0, 0.05) is 38.3 Å². The summed E-state index contributed by atoms with van der Waals surface area (Å²) in [5.41, 5.74) is 0. The molecule has 0 spiro atoms. The number of morpholine rings is 1. The summed E-state index contributed by atoms with van der Waals surface area (Å²) in [4.78, 5) is 2.44. The van der Waals surface area contributed by atoms with Gasteiger partial charge < -0.3 is 15.2 Å². The first-order valence-electron chi connectivity index (χ1n) is 6.39. The highest BCUT2D eigenvalue weighted by molar-refractivity contribution is 4.73. The van der Waals surface area contributed by atoms with Gasteiger partial charge in [0.1, 0.15) is 0 Å². The highest BCUT2D eigenvalue weighted by Gasteiger charge is 2.14. The molecule has 0 saturated carbocycles.